The molecule has 1 saturated heterocycles. The van der Waals surface area contributed by atoms with E-state index >= 15 is 0 Å². The summed E-state index contributed by atoms with van der Waals surface area (Å²) in [5.41, 5.74) is 0.520. The van der Waals surface area contributed by atoms with Crippen molar-refractivity contribution in [3.63, 3.8) is 0 Å². The summed E-state index contributed by atoms with van der Waals surface area (Å²) in [6.45, 7) is 1.08. The van der Waals surface area contributed by atoms with E-state index in [1.807, 2.05) is 6.07 Å². The van der Waals surface area contributed by atoms with Gasteiger partial charge in [0.05, 0.1) is 11.0 Å². The quantitative estimate of drug-likeness (QED) is 0.331. The van der Waals surface area contributed by atoms with E-state index < -0.39 is 10.8 Å². The van der Waals surface area contributed by atoms with Crippen molar-refractivity contribution >= 4 is 17.7 Å². The van der Waals surface area contributed by atoms with Crippen LogP contribution in [-0.2, 0) is 9.53 Å². The zero-order valence-corrected chi connectivity index (χ0v) is 15.4. The van der Waals surface area contributed by atoms with Crippen LogP contribution in [0.2, 0.25) is 0 Å². The number of nitriles is 1. The number of pyridine rings is 1. The van der Waals surface area contributed by atoms with Crippen molar-refractivity contribution in [3.05, 3.63) is 63.8 Å². The Kier molecular flexibility index (Phi) is 6.50. The second-order valence-corrected chi connectivity index (χ2v) is 6.30. The van der Waals surface area contributed by atoms with E-state index in [9.17, 15) is 20.2 Å². The molecule has 148 valence electrons. The number of rotatable bonds is 7. The number of amides is 1. The van der Waals surface area contributed by atoms with Crippen LogP contribution < -0.4 is 10.1 Å². The van der Waals surface area contributed by atoms with E-state index in [1.165, 1.54) is 18.2 Å². The molecule has 0 bridgehead atoms. The number of nitrogens with zero attached hydrogens (tertiary/aromatic N) is 3. The van der Waals surface area contributed by atoms with Crippen LogP contribution in [0.25, 0.3) is 6.08 Å². The van der Waals surface area contributed by atoms with E-state index in [1.54, 1.807) is 24.3 Å². The first-order chi connectivity index (χ1) is 14.0. The number of nitrogens with one attached hydrogen (secondary N) is 1. The summed E-state index contributed by atoms with van der Waals surface area (Å²) in [6.07, 6.45) is 4.48. The molecule has 0 aliphatic carbocycles. The van der Waals surface area contributed by atoms with E-state index in [2.05, 4.69) is 10.3 Å². The molecule has 1 aromatic heterocycles. The van der Waals surface area contributed by atoms with Crippen molar-refractivity contribution in [2.75, 3.05) is 13.2 Å². The van der Waals surface area contributed by atoms with Gasteiger partial charge in [-0.2, -0.15) is 5.26 Å². The molecule has 1 amide bonds. The van der Waals surface area contributed by atoms with Crippen molar-refractivity contribution in [3.8, 4) is 17.7 Å². The zero-order chi connectivity index (χ0) is 20.6. The molecular weight excluding hydrogens is 376 g/mol. The summed E-state index contributed by atoms with van der Waals surface area (Å²) in [4.78, 5) is 26.2. The fraction of sp³-hybridized carbons (Fsp3) is 0.250. The minimum atomic E-state index is -0.540. The number of hydrogen-bond acceptors (Lipinski definition) is 7. The number of benzene rings is 1. The van der Waals surface area contributed by atoms with Crippen molar-refractivity contribution in [1.82, 2.24) is 10.3 Å². The Labute approximate surface area is 166 Å². The highest BCUT2D eigenvalue weighted by Gasteiger charge is 2.17. The number of ether oxygens (including phenoxy) is 2. The maximum absolute atomic E-state index is 12.2. The Balaban J connectivity index is 1.60. The summed E-state index contributed by atoms with van der Waals surface area (Å²) in [6, 6.07) is 11.3. The number of carbonyl (C=O) groups excluding carboxylic acids is 1. The maximum atomic E-state index is 12.2. The first kappa shape index (κ1) is 20.0. The van der Waals surface area contributed by atoms with Gasteiger partial charge in [-0.1, -0.05) is 12.1 Å². The first-order valence-electron chi connectivity index (χ1n) is 8.95. The molecular formula is C20H18N4O5. The van der Waals surface area contributed by atoms with Gasteiger partial charge in [0.25, 0.3) is 11.6 Å². The van der Waals surface area contributed by atoms with Crippen LogP contribution in [0.5, 0.6) is 11.6 Å². The summed E-state index contributed by atoms with van der Waals surface area (Å²) < 4.78 is 11.0. The molecule has 9 nitrogen and oxygen atoms in total. The minimum Gasteiger partial charge on any atom is -0.439 e. The van der Waals surface area contributed by atoms with Gasteiger partial charge in [0.2, 0.25) is 5.88 Å². The second kappa shape index (κ2) is 9.43. The zero-order valence-electron chi connectivity index (χ0n) is 15.4. The van der Waals surface area contributed by atoms with Crippen LogP contribution >= 0.6 is 0 Å². The largest absolute Gasteiger partial charge is 0.439 e. The third-order valence-electron chi connectivity index (χ3n) is 4.22. The van der Waals surface area contributed by atoms with Crippen LogP contribution in [0.15, 0.2) is 48.2 Å². The Morgan fingerprint density at radius 1 is 1.38 bits per heavy atom. The molecule has 2 heterocycles. The molecule has 1 aliphatic heterocycles. The molecule has 2 aromatic rings. The van der Waals surface area contributed by atoms with Crippen LogP contribution in [0.4, 0.5) is 5.69 Å². The molecule has 1 unspecified atom stereocenters. The van der Waals surface area contributed by atoms with Crippen molar-refractivity contribution < 1.29 is 19.2 Å². The maximum Gasteiger partial charge on any atom is 0.287 e. The third kappa shape index (κ3) is 5.60. The molecule has 3 rings (SSSR count). The molecule has 0 spiro atoms. The molecule has 0 saturated carbocycles. The SMILES string of the molecule is N#CC(=Cc1ccc(Oc2ccc([N+](=O)[O-])cn2)cc1)C(=O)NCC1CCCO1. The number of hydrogen-bond donors (Lipinski definition) is 1. The van der Waals surface area contributed by atoms with Crippen molar-refractivity contribution in [1.29, 1.82) is 5.26 Å². The number of aromatic nitrogens is 1. The van der Waals surface area contributed by atoms with Gasteiger partial charge in [0.1, 0.15) is 23.6 Å². The first-order valence-corrected chi connectivity index (χ1v) is 8.95. The van der Waals surface area contributed by atoms with Gasteiger partial charge >= 0.3 is 0 Å². The lowest BCUT2D eigenvalue weighted by Gasteiger charge is -2.10. The van der Waals surface area contributed by atoms with Gasteiger partial charge < -0.3 is 14.8 Å². The molecule has 1 fully saturated rings. The Bertz CT molecular complexity index is 942. The normalized spacial score (nSPS) is 16.1. The highest BCUT2D eigenvalue weighted by molar-refractivity contribution is 6.01. The standard InChI is InChI=1S/C20H18N4O5/c21-11-15(20(25)23-13-18-2-1-9-28-18)10-14-3-6-17(7-4-14)29-19-8-5-16(12-22-19)24(26)27/h3-8,10,12,18H,1-2,9,13H2,(H,23,25). The average Bonchev–Trinajstić information content (AvgIpc) is 3.25. The van der Waals surface area contributed by atoms with E-state index in [0.717, 1.165) is 19.0 Å². The molecule has 1 aliphatic rings. The van der Waals surface area contributed by atoms with Gasteiger partial charge in [-0.15, -0.1) is 0 Å². The summed E-state index contributed by atoms with van der Waals surface area (Å²) in [7, 11) is 0. The third-order valence-corrected chi connectivity index (χ3v) is 4.22. The molecule has 1 aromatic carbocycles. The monoisotopic (exact) mass is 394 g/mol. The topological polar surface area (TPSA) is 127 Å². The smallest absolute Gasteiger partial charge is 0.287 e. The lowest BCUT2D eigenvalue weighted by molar-refractivity contribution is -0.385. The molecule has 1 atom stereocenters. The van der Waals surface area contributed by atoms with Crippen LogP contribution in [-0.4, -0.2) is 35.1 Å². The molecule has 9 heteroatoms. The highest BCUT2D eigenvalue weighted by atomic mass is 16.6. The lowest BCUT2D eigenvalue weighted by atomic mass is 10.1. The van der Waals surface area contributed by atoms with Gasteiger partial charge in [-0.05, 0) is 36.6 Å². The highest BCUT2D eigenvalue weighted by Crippen LogP contribution is 2.22. The molecule has 0 radical (unpaired) electrons. The van der Waals surface area contributed by atoms with Crippen LogP contribution in [0.1, 0.15) is 18.4 Å². The predicted octanol–water partition coefficient (Wildman–Crippen LogP) is 2.98. The van der Waals surface area contributed by atoms with E-state index in [0.29, 0.717) is 24.5 Å². The van der Waals surface area contributed by atoms with Crippen molar-refractivity contribution in [2.24, 2.45) is 0 Å². The Morgan fingerprint density at radius 3 is 2.76 bits per heavy atom. The summed E-state index contributed by atoms with van der Waals surface area (Å²) >= 11 is 0. The fourth-order valence-electron chi connectivity index (χ4n) is 2.72. The Morgan fingerprint density at radius 2 is 2.17 bits per heavy atom. The number of carbonyl (C=O) groups is 1. The van der Waals surface area contributed by atoms with Gasteiger partial charge in [0, 0.05) is 25.3 Å². The fourth-order valence-corrected chi connectivity index (χ4v) is 2.72. The lowest BCUT2D eigenvalue weighted by Crippen LogP contribution is -2.32. The summed E-state index contributed by atoms with van der Waals surface area (Å²) in [5.74, 6) is 0.230. The predicted molar refractivity (Wildman–Crippen MR) is 103 cm³/mol. The molecule has 29 heavy (non-hydrogen) atoms. The van der Waals surface area contributed by atoms with Crippen LogP contribution in [0, 0.1) is 21.4 Å². The second-order valence-electron chi connectivity index (χ2n) is 6.30. The minimum absolute atomic E-state index is 0.00311. The average molecular weight is 394 g/mol. The number of nitro groups is 1. The van der Waals surface area contributed by atoms with E-state index in [-0.39, 0.29) is 23.2 Å². The van der Waals surface area contributed by atoms with Crippen molar-refractivity contribution in [2.45, 2.75) is 18.9 Å². The van der Waals surface area contributed by atoms with Gasteiger partial charge in [0.15, 0.2) is 0 Å². The van der Waals surface area contributed by atoms with Gasteiger partial charge in [-0.25, -0.2) is 4.98 Å². The Hall–Kier alpha value is -3.77. The van der Waals surface area contributed by atoms with Gasteiger partial charge in [-0.3, -0.25) is 14.9 Å². The summed E-state index contributed by atoms with van der Waals surface area (Å²) in [5, 5.41) is 22.6. The molecule has 1 N–H and O–H groups in total. The van der Waals surface area contributed by atoms with Crippen LogP contribution in [0.3, 0.4) is 0 Å². The van der Waals surface area contributed by atoms with E-state index in [4.69, 9.17) is 9.47 Å².